The van der Waals surface area contributed by atoms with Gasteiger partial charge in [-0.1, -0.05) is 0 Å². The summed E-state index contributed by atoms with van der Waals surface area (Å²) < 4.78 is 5.64. The van der Waals surface area contributed by atoms with Gasteiger partial charge in [0.05, 0.1) is 11.6 Å². The maximum absolute atomic E-state index is 12.3. The van der Waals surface area contributed by atoms with E-state index in [4.69, 9.17) is 4.42 Å². The molecule has 3 rings (SSSR count). The summed E-state index contributed by atoms with van der Waals surface area (Å²) in [6, 6.07) is 4.17. The van der Waals surface area contributed by atoms with Crippen LogP contribution in [-0.4, -0.2) is 20.7 Å². The van der Waals surface area contributed by atoms with Gasteiger partial charge in [0.15, 0.2) is 5.76 Å². The topological polar surface area (TPSA) is 102 Å². The van der Waals surface area contributed by atoms with Crippen molar-refractivity contribution in [2.45, 2.75) is 0 Å². The van der Waals surface area contributed by atoms with Crippen LogP contribution in [0.15, 0.2) is 39.5 Å². The Bertz CT molecular complexity index is 836. The van der Waals surface area contributed by atoms with Crippen molar-refractivity contribution in [1.82, 2.24) is 9.97 Å². The number of nitrogens with one attached hydrogen (secondary N) is 1. The second-order valence-electron chi connectivity index (χ2n) is 3.98. The van der Waals surface area contributed by atoms with Crippen molar-refractivity contribution in [3.8, 4) is 0 Å². The molecule has 0 amide bonds. The zero-order valence-corrected chi connectivity index (χ0v) is 11.4. The monoisotopic (exact) mass is 335 g/mol. The first-order valence-electron chi connectivity index (χ1n) is 5.48. The number of aromatic nitrogens is 2. The van der Waals surface area contributed by atoms with Crippen molar-refractivity contribution in [1.29, 1.82) is 0 Å². The van der Waals surface area contributed by atoms with E-state index < -0.39 is 16.6 Å². The fourth-order valence-electron chi connectivity index (χ4n) is 1.85. The van der Waals surface area contributed by atoms with Crippen LogP contribution in [0, 0.1) is 10.1 Å². The summed E-state index contributed by atoms with van der Waals surface area (Å²) in [4.78, 5) is 29.1. The van der Waals surface area contributed by atoms with Crippen LogP contribution in [0.25, 0.3) is 11.0 Å². The molecule has 0 radical (unpaired) electrons. The Morgan fingerprint density at radius 3 is 2.95 bits per heavy atom. The summed E-state index contributed by atoms with van der Waals surface area (Å²) in [5.74, 6) is -0.991. The highest BCUT2D eigenvalue weighted by Crippen LogP contribution is 2.25. The molecule has 0 fully saturated rings. The SMILES string of the molecule is O=C(c1ccc([N+](=O)[O-])o1)c1c[nH]c2ncc(Br)cc12. The number of fused-ring (bicyclic) bond motifs is 1. The van der Waals surface area contributed by atoms with Crippen LogP contribution in [-0.2, 0) is 0 Å². The number of rotatable bonds is 3. The van der Waals surface area contributed by atoms with Crippen molar-refractivity contribution < 1.29 is 14.1 Å². The molecule has 7 nitrogen and oxygen atoms in total. The highest BCUT2D eigenvalue weighted by Gasteiger charge is 2.21. The van der Waals surface area contributed by atoms with E-state index in [-0.39, 0.29) is 5.76 Å². The summed E-state index contributed by atoms with van der Waals surface area (Å²) >= 11 is 3.28. The number of carbonyl (C=O) groups is 1. The summed E-state index contributed by atoms with van der Waals surface area (Å²) in [5.41, 5.74) is 0.899. The highest BCUT2D eigenvalue weighted by molar-refractivity contribution is 9.10. The molecule has 0 aliphatic heterocycles. The third-order valence-electron chi connectivity index (χ3n) is 2.74. The number of hydrogen-bond acceptors (Lipinski definition) is 5. The summed E-state index contributed by atoms with van der Waals surface area (Å²) in [5, 5.41) is 11.2. The van der Waals surface area contributed by atoms with E-state index in [1.807, 2.05) is 0 Å². The summed E-state index contributed by atoms with van der Waals surface area (Å²) in [7, 11) is 0. The molecular weight excluding hydrogens is 330 g/mol. The zero-order chi connectivity index (χ0) is 14.3. The van der Waals surface area contributed by atoms with Gasteiger partial charge in [0, 0.05) is 22.3 Å². The zero-order valence-electron chi connectivity index (χ0n) is 9.79. The van der Waals surface area contributed by atoms with Crippen molar-refractivity contribution >= 4 is 38.6 Å². The fourth-order valence-corrected chi connectivity index (χ4v) is 2.18. The van der Waals surface area contributed by atoms with Crippen LogP contribution < -0.4 is 0 Å². The number of H-pyrrole nitrogens is 1. The van der Waals surface area contributed by atoms with Crippen molar-refractivity contribution in [3.63, 3.8) is 0 Å². The maximum Gasteiger partial charge on any atom is 0.433 e. The van der Waals surface area contributed by atoms with Crippen LogP contribution >= 0.6 is 15.9 Å². The van der Waals surface area contributed by atoms with E-state index in [0.717, 1.165) is 10.5 Å². The third-order valence-corrected chi connectivity index (χ3v) is 3.17. The lowest BCUT2D eigenvalue weighted by molar-refractivity contribution is -0.402. The highest BCUT2D eigenvalue weighted by atomic mass is 79.9. The van der Waals surface area contributed by atoms with Crippen molar-refractivity contribution in [3.05, 3.63) is 56.5 Å². The Morgan fingerprint density at radius 1 is 1.45 bits per heavy atom. The molecule has 0 saturated heterocycles. The molecule has 0 spiro atoms. The largest absolute Gasteiger partial charge is 0.433 e. The standard InChI is InChI=1S/C12H6BrN3O4/c13-6-3-7-8(5-15-12(7)14-4-6)11(17)9-1-2-10(20-9)16(18)19/h1-5H,(H,14,15). The van der Waals surface area contributed by atoms with E-state index in [0.29, 0.717) is 16.6 Å². The van der Waals surface area contributed by atoms with Gasteiger partial charge >= 0.3 is 5.88 Å². The van der Waals surface area contributed by atoms with Gasteiger partial charge in [-0.2, -0.15) is 0 Å². The molecule has 3 aromatic rings. The predicted octanol–water partition coefficient (Wildman–Crippen LogP) is 3.06. The number of furan rings is 1. The summed E-state index contributed by atoms with van der Waals surface area (Å²) in [6.07, 6.45) is 3.10. The molecule has 0 saturated carbocycles. The van der Waals surface area contributed by atoms with Crippen LogP contribution in [0.2, 0.25) is 0 Å². The molecular formula is C12H6BrN3O4. The van der Waals surface area contributed by atoms with E-state index in [1.54, 1.807) is 12.3 Å². The molecule has 100 valence electrons. The van der Waals surface area contributed by atoms with Crippen molar-refractivity contribution in [2.24, 2.45) is 0 Å². The average molecular weight is 336 g/mol. The quantitative estimate of drug-likeness (QED) is 0.450. The molecule has 0 aliphatic carbocycles. The van der Waals surface area contributed by atoms with Gasteiger partial charge in [0.2, 0.25) is 5.78 Å². The number of nitro groups is 1. The van der Waals surface area contributed by atoms with Gasteiger partial charge in [-0.25, -0.2) is 4.98 Å². The maximum atomic E-state index is 12.3. The van der Waals surface area contributed by atoms with Crippen LogP contribution in [0.1, 0.15) is 16.1 Å². The number of pyridine rings is 1. The molecule has 0 aliphatic rings. The van der Waals surface area contributed by atoms with E-state index in [1.165, 1.54) is 12.3 Å². The third kappa shape index (κ3) is 1.99. The van der Waals surface area contributed by atoms with Gasteiger partial charge in [-0.3, -0.25) is 14.9 Å². The first-order chi connectivity index (χ1) is 9.56. The number of halogens is 1. The molecule has 1 N–H and O–H groups in total. The Morgan fingerprint density at radius 2 is 2.25 bits per heavy atom. The first kappa shape index (κ1) is 12.5. The number of nitrogens with zero attached hydrogens (tertiary/aromatic N) is 2. The molecule has 0 unspecified atom stereocenters. The molecule has 20 heavy (non-hydrogen) atoms. The van der Waals surface area contributed by atoms with Crippen LogP contribution in [0.5, 0.6) is 0 Å². The Hall–Kier alpha value is -2.48. The Labute approximate surface area is 119 Å². The van der Waals surface area contributed by atoms with Gasteiger partial charge in [0.1, 0.15) is 10.6 Å². The molecule has 3 heterocycles. The molecule has 8 heteroatoms. The lowest BCUT2D eigenvalue weighted by Crippen LogP contribution is -1.98. The lowest BCUT2D eigenvalue weighted by atomic mass is 10.1. The number of hydrogen-bond donors (Lipinski definition) is 1. The first-order valence-corrected chi connectivity index (χ1v) is 6.27. The molecule has 3 aromatic heterocycles. The van der Waals surface area contributed by atoms with Gasteiger partial charge in [-0.15, -0.1) is 0 Å². The number of carbonyl (C=O) groups excluding carboxylic acids is 1. The Kier molecular flexibility index (Phi) is 2.87. The molecule has 0 atom stereocenters. The van der Waals surface area contributed by atoms with Gasteiger partial charge in [-0.05, 0) is 28.1 Å². The number of ketones is 1. The van der Waals surface area contributed by atoms with Crippen molar-refractivity contribution in [2.75, 3.05) is 0 Å². The van der Waals surface area contributed by atoms with Gasteiger partial charge < -0.3 is 9.40 Å². The minimum Gasteiger partial charge on any atom is -0.397 e. The fraction of sp³-hybridized carbons (Fsp3) is 0. The van der Waals surface area contributed by atoms with E-state index in [2.05, 4.69) is 25.9 Å². The minimum absolute atomic E-state index is 0.0856. The minimum atomic E-state index is -0.690. The second kappa shape index (κ2) is 4.57. The van der Waals surface area contributed by atoms with Crippen LogP contribution in [0.3, 0.4) is 0 Å². The van der Waals surface area contributed by atoms with E-state index >= 15 is 0 Å². The normalized spacial score (nSPS) is 10.8. The average Bonchev–Trinajstić information content (AvgIpc) is 3.04. The summed E-state index contributed by atoms with van der Waals surface area (Å²) in [6.45, 7) is 0. The molecule has 0 aromatic carbocycles. The van der Waals surface area contributed by atoms with E-state index in [9.17, 15) is 14.9 Å². The Balaban J connectivity index is 2.07. The van der Waals surface area contributed by atoms with Crippen LogP contribution in [0.4, 0.5) is 5.88 Å². The smallest absolute Gasteiger partial charge is 0.397 e. The predicted molar refractivity (Wildman–Crippen MR) is 72.6 cm³/mol. The van der Waals surface area contributed by atoms with Gasteiger partial charge in [0.25, 0.3) is 0 Å². The second-order valence-corrected chi connectivity index (χ2v) is 4.89. The lowest BCUT2D eigenvalue weighted by Gasteiger charge is -1.95. The number of aromatic amines is 1. The molecule has 0 bridgehead atoms.